The van der Waals surface area contributed by atoms with Crippen LogP contribution in [0.3, 0.4) is 0 Å². The summed E-state index contributed by atoms with van der Waals surface area (Å²) in [6.07, 6.45) is 2.22. The maximum absolute atomic E-state index is 5.62. The zero-order valence-corrected chi connectivity index (χ0v) is 13.0. The lowest BCUT2D eigenvalue weighted by Gasteiger charge is -2.23. The molecule has 1 aromatic carbocycles. The number of nitrogens with one attached hydrogen (secondary N) is 1. The zero-order chi connectivity index (χ0) is 14.7. The van der Waals surface area contributed by atoms with Gasteiger partial charge in [-0.05, 0) is 25.8 Å². The molecule has 1 aromatic rings. The SMILES string of the molecule is CCC1NC(C)CC1c1ccc(OC)c(OC)c1OC. The molecule has 112 valence electrons. The van der Waals surface area contributed by atoms with Crippen molar-refractivity contribution in [2.24, 2.45) is 0 Å². The molecule has 1 aliphatic rings. The van der Waals surface area contributed by atoms with Crippen molar-refractivity contribution < 1.29 is 14.2 Å². The highest BCUT2D eigenvalue weighted by Crippen LogP contribution is 2.46. The van der Waals surface area contributed by atoms with E-state index in [1.807, 2.05) is 6.07 Å². The highest BCUT2D eigenvalue weighted by molar-refractivity contribution is 5.57. The molecule has 1 fully saturated rings. The van der Waals surface area contributed by atoms with Crippen LogP contribution in [0.2, 0.25) is 0 Å². The van der Waals surface area contributed by atoms with Crippen LogP contribution in [0.5, 0.6) is 17.2 Å². The molecule has 0 aromatic heterocycles. The Bertz CT molecular complexity index is 461. The molecule has 0 bridgehead atoms. The van der Waals surface area contributed by atoms with Crippen molar-refractivity contribution in [2.75, 3.05) is 21.3 Å². The number of hydrogen-bond acceptors (Lipinski definition) is 4. The van der Waals surface area contributed by atoms with Gasteiger partial charge in [0.25, 0.3) is 0 Å². The van der Waals surface area contributed by atoms with E-state index in [9.17, 15) is 0 Å². The second-order valence-electron chi connectivity index (χ2n) is 5.35. The van der Waals surface area contributed by atoms with Gasteiger partial charge in [-0.15, -0.1) is 0 Å². The lowest BCUT2D eigenvalue weighted by Crippen LogP contribution is -2.28. The van der Waals surface area contributed by atoms with Crippen LogP contribution in [-0.4, -0.2) is 33.4 Å². The standard InChI is InChI=1S/C16H25NO3/c1-6-13-12(9-10(2)17-13)11-7-8-14(18-3)16(20-5)15(11)19-4/h7-8,10,12-13,17H,6,9H2,1-5H3. The van der Waals surface area contributed by atoms with E-state index < -0.39 is 0 Å². The summed E-state index contributed by atoms with van der Waals surface area (Å²) in [6, 6.07) is 5.08. The van der Waals surface area contributed by atoms with Gasteiger partial charge in [-0.2, -0.15) is 0 Å². The van der Waals surface area contributed by atoms with E-state index in [0.717, 1.165) is 18.6 Å². The van der Waals surface area contributed by atoms with E-state index in [1.165, 1.54) is 5.56 Å². The van der Waals surface area contributed by atoms with E-state index in [-0.39, 0.29) is 0 Å². The highest BCUT2D eigenvalue weighted by Gasteiger charge is 2.34. The molecule has 1 N–H and O–H groups in total. The molecule has 0 spiro atoms. The molecule has 3 unspecified atom stereocenters. The molecular weight excluding hydrogens is 254 g/mol. The minimum Gasteiger partial charge on any atom is -0.493 e. The fourth-order valence-electron chi connectivity index (χ4n) is 3.26. The first kappa shape index (κ1) is 15.0. The maximum Gasteiger partial charge on any atom is 0.203 e. The van der Waals surface area contributed by atoms with Crippen molar-refractivity contribution in [3.63, 3.8) is 0 Å². The Hall–Kier alpha value is -1.42. The molecule has 1 saturated heterocycles. The highest BCUT2D eigenvalue weighted by atomic mass is 16.5. The van der Waals surface area contributed by atoms with E-state index in [1.54, 1.807) is 21.3 Å². The Kier molecular flexibility index (Phi) is 4.76. The van der Waals surface area contributed by atoms with Crippen molar-refractivity contribution in [2.45, 2.75) is 44.7 Å². The Balaban J connectivity index is 2.46. The molecule has 1 aliphatic heterocycles. The van der Waals surface area contributed by atoms with Gasteiger partial charge in [-0.3, -0.25) is 0 Å². The van der Waals surface area contributed by atoms with Gasteiger partial charge < -0.3 is 19.5 Å². The summed E-state index contributed by atoms with van der Waals surface area (Å²) in [5.41, 5.74) is 1.20. The third-order valence-corrected chi connectivity index (χ3v) is 4.17. The smallest absolute Gasteiger partial charge is 0.203 e. The van der Waals surface area contributed by atoms with Gasteiger partial charge >= 0.3 is 0 Å². The van der Waals surface area contributed by atoms with Crippen LogP contribution in [0.1, 0.15) is 38.2 Å². The quantitative estimate of drug-likeness (QED) is 0.899. The van der Waals surface area contributed by atoms with Crippen LogP contribution in [-0.2, 0) is 0 Å². The largest absolute Gasteiger partial charge is 0.493 e. The van der Waals surface area contributed by atoms with Gasteiger partial charge in [0.15, 0.2) is 11.5 Å². The normalized spacial score (nSPS) is 25.6. The number of ether oxygens (including phenoxy) is 3. The van der Waals surface area contributed by atoms with Crippen LogP contribution in [0.25, 0.3) is 0 Å². The number of hydrogen-bond donors (Lipinski definition) is 1. The molecule has 0 amide bonds. The van der Waals surface area contributed by atoms with E-state index >= 15 is 0 Å². The van der Waals surface area contributed by atoms with Gasteiger partial charge in [0.1, 0.15) is 0 Å². The maximum atomic E-state index is 5.62. The Morgan fingerprint density at radius 2 is 1.80 bits per heavy atom. The summed E-state index contributed by atoms with van der Waals surface area (Å²) >= 11 is 0. The summed E-state index contributed by atoms with van der Waals surface area (Å²) in [6.45, 7) is 4.45. The van der Waals surface area contributed by atoms with Crippen molar-refractivity contribution in [3.05, 3.63) is 17.7 Å². The first-order valence-corrected chi connectivity index (χ1v) is 7.21. The van der Waals surface area contributed by atoms with Crippen molar-refractivity contribution >= 4 is 0 Å². The van der Waals surface area contributed by atoms with Crippen LogP contribution >= 0.6 is 0 Å². The van der Waals surface area contributed by atoms with Crippen LogP contribution in [0, 0.1) is 0 Å². The van der Waals surface area contributed by atoms with Crippen LogP contribution < -0.4 is 19.5 Å². The Labute approximate surface area is 121 Å². The van der Waals surface area contributed by atoms with Crippen LogP contribution in [0.4, 0.5) is 0 Å². The van der Waals surface area contributed by atoms with E-state index in [4.69, 9.17) is 14.2 Å². The second kappa shape index (κ2) is 6.35. The first-order chi connectivity index (χ1) is 9.65. The zero-order valence-electron chi connectivity index (χ0n) is 13.0. The third kappa shape index (κ3) is 2.57. The van der Waals surface area contributed by atoms with Gasteiger partial charge in [0.2, 0.25) is 5.75 Å². The molecular formula is C16H25NO3. The minimum absolute atomic E-state index is 0.449. The molecule has 3 atom stereocenters. The molecule has 4 nitrogen and oxygen atoms in total. The van der Waals surface area contributed by atoms with Gasteiger partial charge in [0, 0.05) is 23.6 Å². The number of benzene rings is 1. The van der Waals surface area contributed by atoms with Crippen molar-refractivity contribution in [1.82, 2.24) is 5.32 Å². The van der Waals surface area contributed by atoms with Crippen LogP contribution in [0.15, 0.2) is 12.1 Å². The van der Waals surface area contributed by atoms with E-state index in [0.29, 0.717) is 29.5 Å². The number of methoxy groups -OCH3 is 3. The summed E-state index contributed by atoms with van der Waals surface area (Å²) in [4.78, 5) is 0. The molecule has 0 saturated carbocycles. The average Bonchev–Trinajstić information content (AvgIpc) is 2.86. The third-order valence-electron chi connectivity index (χ3n) is 4.17. The molecule has 1 heterocycles. The van der Waals surface area contributed by atoms with E-state index in [2.05, 4.69) is 25.2 Å². The molecule has 20 heavy (non-hydrogen) atoms. The molecule has 2 rings (SSSR count). The lowest BCUT2D eigenvalue weighted by molar-refractivity contribution is 0.319. The predicted octanol–water partition coefficient (Wildman–Crippen LogP) is 2.96. The Morgan fingerprint density at radius 3 is 2.35 bits per heavy atom. The fourth-order valence-corrected chi connectivity index (χ4v) is 3.26. The summed E-state index contributed by atoms with van der Waals surface area (Å²) in [7, 11) is 4.98. The first-order valence-electron chi connectivity index (χ1n) is 7.21. The van der Waals surface area contributed by atoms with Gasteiger partial charge in [0.05, 0.1) is 21.3 Å². The van der Waals surface area contributed by atoms with Crippen molar-refractivity contribution in [3.8, 4) is 17.2 Å². The minimum atomic E-state index is 0.449. The summed E-state index contributed by atoms with van der Waals surface area (Å²) in [5.74, 6) is 2.64. The second-order valence-corrected chi connectivity index (χ2v) is 5.35. The number of rotatable bonds is 5. The summed E-state index contributed by atoms with van der Waals surface area (Å²) < 4.78 is 16.5. The Morgan fingerprint density at radius 1 is 1.10 bits per heavy atom. The van der Waals surface area contributed by atoms with Gasteiger partial charge in [-0.1, -0.05) is 13.0 Å². The summed E-state index contributed by atoms with van der Waals surface area (Å²) in [5, 5.41) is 3.64. The predicted molar refractivity (Wildman–Crippen MR) is 80.1 cm³/mol. The monoisotopic (exact) mass is 279 g/mol. The molecule has 4 heteroatoms. The van der Waals surface area contributed by atoms with Crippen molar-refractivity contribution in [1.29, 1.82) is 0 Å². The van der Waals surface area contributed by atoms with Gasteiger partial charge in [-0.25, -0.2) is 0 Å². The lowest BCUT2D eigenvalue weighted by atomic mass is 9.88. The average molecular weight is 279 g/mol. The topological polar surface area (TPSA) is 39.7 Å². The molecule has 0 radical (unpaired) electrons. The molecule has 0 aliphatic carbocycles. The fraction of sp³-hybridized carbons (Fsp3) is 0.625.